The maximum Gasteiger partial charge on any atom is 0.257 e. The maximum atomic E-state index is 11.8. The lowest BCUT2D eigenvalue weighted by Crippen LogP contribution is -2.16. The molecule has 2 N–H and O–H groups in total. The topological polar surface area (TPSA) is 66.0 Å². The molecule has 0 spiro atoms. The van der Waals surface area contributed by atoms with Crippen LogP contribution >= 0.6 is 27.7 Å². The van der Waals surface area contributed by atoms with Crippen molar-refractivity contribution in [2.24, 2.45) is 0 Å². The molecule has 0 amide bonds. The Morgan fingerprint density at radius 3 is 2.90 bits per heavy atom. The molecule has 1 aromatic heterocycles. The van der Waals surface area contributed by atoms with Crippen molar-refractivity contribution in [3.8, 4) is 5.88 Å². The Morgan fingerprint density at radius 2 is 2.25 bits per heavy atom. The van der Waals surface area contributed by atoms with Crippen LogP contribution in [0.5, 0.6) is 5.88 Å². The molecule has 6 heteroatoms. The van der Waals surface area contributed by atoms with Gasteiger partial charge in [0.25, 0.3) is 5.56 Å². The Bertz CT molecular complexity index is 658. The number of aromatic amines is 1. The average molecular weight is 355 g/mol. The van der Waals surface area contributed by atoms with Crippen LogP contribution in [0.25, 0.3) is 0 Å². The molecule has 0 aliphatic rings. The van der Waals surface area contributed by atoms with Crippen LogP contribution in [0.2, 0.25) is 0 Å². The highest BCUT2D eigenvalue weighted by Crippen LogP contribution is 2.24. The molecule has 0 unspecified atom stereocenters. The lowest BCUT2D eigenvalue weighted by Gasteiger charge is -2.05. The van der Waals surface area contributed by atoms with Crippen molar-refractivity contribution >= 4 is 27.7 Å². The lowest BCUT2D eigenvalue weighted by atomic mass is 10.2. The van der Waals surface area contributed by atoms with Gasteiger partial charge in [0.15, 0.2) is 0 Å². The minimum absolute atomic E-state index is 0.152. The second-order valence-corrected chi connectivity index (χ2v) is 6.28. The number of halogens is 1. The normalized spacial score (nSPS) is 10.7. The number of nitrogens with one attached hydrogen (secondary N) is 1. The first-order valence-corrected chi connectivity index (χ1v) is 8.07. The standard InChI is InChI=1S/C14H15BrN2O2S/c1-2-4-11-13(18)16-12(17-14(11)19)8-20-10-6-3-5-9(15)7-10/h3,5-7H,2,4,8H2,1H3,(H2,16,17,18,19). The van der Waals surface area contributed by atoms with Gasteiger partial charge < -0.3 is 10.1 Å². The molecular formula is C14H15BrN2O2S. The molecule has 4 nitrogen and oxygen atoms in total. The van der Waals surface area contributed by atoms with Crippen LogP contribution in [0.1, 0.15) is 24.7 Å². The number of hydrogen-bond donors (Lipinski definition) is 2. The van der Waals surface area contributed by atoms with Crippen molar-refractivity contribution in [2.75, 3.05) is 0 Å². The Kier molecular flexibility index (Phi) is 5.25. The molecule has 0 bridgehead atoms. The predicted octanol–water partition coefficient (Wildman–Crippen LogP) is 3.48. The molecule has 0 aliphatic heterocycles. The van der Waals surface area contributed by atoms with E-state index in [1.807, 2.05) is 31.2 Å². The number of aromatic hydroxyl groups is 1. The molecule has 0 saturated heterocycles. The molecular weight excluding hydrogens is 340 g/mol. The largest absolute Gasteiger partial charge is 0.493 e. The number of rotatable bonds is 5. The highest BCUT2D eigenvalue weighted by atomic mass is 79.9. The van der Waals surface area contributed by atoms with E-state index in [-0.39, 0.29) is 11.4 Å². The van der Waals surface area contributed by atoms with E-state index in [0.717, 1.165) is 15.8 Å². The van der Waals surface area contributed by atoms with Crippen molar-refractivity contribution in [3.63, 3.8) is 0 Å². The Morgan fingerprint density at radius 1 is 1.45 bits per heavy atom. The summed E-state index contributed by atoms with van der Waals surface area (Å²) >= 11 is 4.96. The van der Waals surface area contributed by atoms with E-state index in [9.17, 15) is 9.90 Å². The summed E-state index contributed by atoms with van der Waals surface area (Å²) in [5, 5.41) is 9.80. The molecule has 1 heterocycles. The third kappa shape index (κ3) is 3.86. The third-order valence-electron chi connectivity index (χ3n) is 2.71. The van der Waals surface area contributed by atoms with Crippen LogP contribution in [0.4, 0.5) is 0 Å². The van der Waals surface area contributed by atoms with E-state index in [4.69, 9.17) is 0 Å². The Balaban J connectivity index is 2.13. The summed E-state index contributed by atoms with van der Waals surface area (Å²) in [6.45, 7) is 1.95. The minimum Gasteiger partial charge on any atom is -0.493 e. The predicted molar refractivity (Wildman–Crippen MR) is 84.2 cm³/mol. The van der Waals surface area contributed by atoms with Crippen LogP contribution in [0.15, 0.2) is 38.4 Å². The van der Waals surface area contributed by atoms with E-state index in [0.29, 0.717) is 23.6 Å². The first-order valence-electron chi connectivity index (χ1n) is 6.29. The summed E-state index contributed by atoms with van der Waals surface area (Å²) in [6.07, 6.45) is 1.33. The van der Waals surface area contributed by atoms with Crippen LogP contribution in [0.3, 0.4) is 0 Å². The van der Waals surface area contributed by atoms with Crippen molar-refractivity contribution in [2.45, 2.75) is 30.4 Å². The minimum atomic E-state index is -0.246. The lowest BCUT2D eigenvalue weighted by molar-refractivity contribution is 0.440. The van der Waals surface area contributed by atoms with Gasteiger partial charge in [-0.15, -0.1) is 11.8 Å². The molecule has 20 heavy (non-hydrogen) atoms. The smallest absolute Gasteiger partial charge is 0.257 e. The highest BCUT2D eigenvalue weighted by molar-refractivity contribution is 9.10. The highest BCUT2D eigenvalue weighted by Gasteiger charge is 2.10. The van der Waals surface area contributed by atoms with Crippen molar-refractivity contribution < 1.29 is 5.11 Å². The monoisotopic (exact) mass is 354 g/mol. The van der Waals surface area contributed by atoms with Gasteiger partial charge >= 0.3 is 0 Å². The van der Waals surface area contributed by atoms with Gasteiger partial charge in [0, 0.05) is 9.37 Å². The Labute approximate surface area is 129 Å². The number of H-pyrrole nitrogens is 1. The SMILES string of the molecule is CCCc1c(O)nc(CSc2cccc(Br)c2)[nH]c1=O. The second-order valence-electron chi connectivity index (χ2n) is 4.31. The van der Waals surface area contributed by atoms with Crippen LogP contribution in [-0.4, -0.2) is 15.1 Å². The zero-order valence-electron chi connectivity index (χ0n) is 11.0. The molecule has 2 rings (SSSR count). The summed E-state index contributed by atoms with van der Waals surface area (Å²) < 4.78 is 1.00. The van der Waals surface area contributed by atoms with Gasteiger partial charge in [0.1, 0.15) is 5.82 Å². The van der Waals surface area contributed by atoms with Gasteiger partial charge in [-0.3, -0.25) is 4.79 Å². The summed E-state index contributed by atoms with van der Waals surface area (Å²) in [5.74, 6) is 0.837. The van der Waals surface area contributed by atoms with Gasteiger partial charge in [0.2, 0.25) is 5.88 Å². The van der Waals surface area contributed by atoms with Gasteiger partial charge in [-0.2, -0.15) is 4.98 Å². The summed E-state index contributed by atoms with van der Waals surface area (Å²) in [7, 11) is 0. The first-order chi connectivity index (χ1) is 9.60. The molecule has 0 saturated carbocycles. The van der Waals surface area contributed by atoms with Gasteiger partial charge in [-0.1, -0.05) is 35.3 Å². The van der Waals surface area contributed by atoms with Crippen LogP contribution < -0.4 is 5.56 Å². The molecule has 0 aliphatic carbocycles. The fourth-order valence-electron chi connectivity index (χ4n) is 1.78. The van der Waals surface area contributed by atoms with Crippen molar-refractivity contribution in [3.05, 3.63) is 50.5 Å². The summed E-state index contributed by atoms with van der Waals surface area (Å²) in [5.41, 5.74) is 0.118. The maximum absolute atomic E-state index is 11.8. The molecule has 2 aromatic rings. The third-order valence-corrected chi connectivity index (χ3v) is 4.21. The zero-order valence-corrected chi connectivity index (χ0v) is 13.4. The first kappa shape index (κ1) is 15.1. The summed E-state index contributed by atoms with van der Waals surface area (Å²) in [4.78, 5) is 19.7. The molecule has 0 atom stereocenters. The van der Waals surface area contributed by atoms with E-state index in [2.05, 4.69) is 25.9 Å². The van der Waals surface area contributed by atoms with E-state index in [1.54, 1.807) is 11.8 Å². The number of benzene rings is 1. The van der Waals surface area contributed by atoms with E-state index in [1.165, 1.54) is 0 Å². The molecule has 106 valence electrons. The number of aromatic nitrogens is 2. The van der Waals surface area contributed by atoms with Crippen LogP contribution in [0, 0.1) is 0 Å². The summed E-state index contributed by atoms with van der Waals surface area (Å²) in [6, 6.07) is 7.88. The zero-order chi connectivity index (χ0) is 14.5. The average Bonchev–Trinajstić information content (AvgIpc) is 2.41. The second kappa shape index (κ2) is 6.95. The van der Waals surface area contributed by atoms with Gasteiger partial charge in [-0.05, 0) is 24.6 Å². The number of nitrogens with zero attached hydrogens (tertiary/aromatic N) is 1. The molecule has 0 radical (unpaired) electrons. The van der Waals surface area contributed by atoms with Crippen LogP contribution in [-0.2, 0) is 12.2 Å². The Hall–Kier alpha value is -1.27. The fraction of sp³-hybridized carbons (Fsp3) is 0.286. The fourth-order valence-corrected chi connectivity index (χ4v) is 3.16. The molecule has 1 aromatic carbocycles. The van der Waals surface area contributed by atoms with Crippen molar-refractivity contribution in [1.82, 2.24) is 9.97 Å². The molecule has 0 fully saturated rings. The van der Waals surface area contributed by atoms with Gasteiger partial charge in [0.05, 0.1) is 11.3 Å². The van der Waals surface area contributed by atoms with Gasteiger partial charge in [-0.25, -0.2) is 0 Å². The number of thioether (sulfide) groups is 1. The van der Waals surface area contributed by atoms with E-state index < -0.39 is 0 Å². The number of hydrogen-bond acceptors (Lipinski definition) is 4. The quantitative estimate of drug-likeness (QED) is 0.806. The van der Waals surface area contributed by atoms with E-state index >= 15 is 0 Å². The van der Waals surface area contributed by atoms with Crippen molar-refractivity contribution in [1.29, 1.82) is 0 Å².